The number of aromatic nitrogens is 2. The van der Waals surface area contributed by atoms with Gasteiger partial charge in [-0.3, -0.25) is 14.2 Å². The number of likely N-dealkylation sites (tertiary alicyclic amines) is 1. The summed E-state index contributed by atoms with van der Waals surface area (Å²) >= 11 is 0. The van der Waals surface area contributed by atoms with Crippen LogP contribution in [0.2, 0.25) is 0 Å². The minimum Gasteiger partial charge on any atom is -0.465 e. The van der Waals surface area contributed by atoms with E-state index in [0.717, 1.165) is 19.3 Å². The van der Waals surface area contributed by atoms with Gasteiger partial charge in [-0.05, 0) is 43.5 Å². The number of carbonyl (C=O) groups is 1. The second-order valence-electron chi connectivity index (χ2n) is 6.94. The highest BCUT2D eigenvalue weighted by Crippen LogP contribution is 2.20. The van der Waals surface area contributed by atoms with E-state index >= 15 is 0 Å². The molecule has 3 aromatic rings. The highest BCUT2D eigenvalue weighted by atomic mass is 16.3. The van der Waals surface area contributed by atoms with Gasteiger partial charge in [-0.25, -0.2) is 4.98 Å². The smallest absolute Gasteiger partial charge is 0.271 e. The summed E-state index contributed by atoms with van der Waals surface area (Å²) in [5, 5.41) is 0.497. The number of nitrogens with zero attached hydrogens (tertiary/aromatic N) is 3. The van der Waals surface area contributed by atoms with Gasteiger partial charge in [0.15, 0.2) is 0 Å². The zero-order valence-corrected chi connectivity index (χ0v) is 15.9. The molecule has 0 saturated carbocycles. The fraction of sp³-hybridized carbons (Fsp3) is 0.318. The van der Waals surface area contributed by atoms with Crippen molar-refractivity contribution < 1.29 is 9.21 Å². The second-order valence-corrected chi connectivity index (χ2v) is 6.94. The fourth-order valence-electron chi connectivity index (χ4n) is 3.65. The molecule has 4 rings (SSSR count). The Labute approximate surface area is 163 Å². The quantitative estimate of drug-likeness (QED) is 0.652. The lowest BCUT2D eigenvalue weighted by atomic mass is 10.1. The Hall–Kier alpha value is -3.15. The maximum Gasteiger partial charge on any atom is 0.271 e. The van der Waals surface area contributed by atoms with Gasteiger partial charge < -0.3 is 9.32 Å². The Balaban J connectivity index is 1.93. The first-order chi connectivity index (χ1) is 13.7. The van der Waals surface area contributed by atoms with Crippen LogP contribution < -0.4 is 5.56 Å². The molecule has 0 spiro atoms. The summed E-state index contributed by atoms with van der Waals surface area (Å²) < 4.78 is 6.90. The lowest BCUT2D eigenvalue weighted by Gasteiger charge is -2.28. The zero-order chi connectivity index (χ0) is 19.5. The molecule has 1 amide bonds. The third-order valence-electron chi connectivity index (χ3n) is 5.09. The number of para-hydroxylation sites is 1. The molecule has 1 aliphatic heterocycles. The van der Waals surface area contributed by atoms with Crippen molar-refractivity contribution in [3.8, 4) is 0 Å². The van der Waals surface area contributed by atoms with Gasteiger partial charge in [0.25, 0.3) is 11.5 Å². The van der Waals surface area contributed by atoms with Gasteiger partial charge in [0, 0.05) is 25.6 Å². The summed E-state index contributed by atoms with van der Waals surface area (Å²) in [7, 11) is 0. The Bertz CT molecular complexity index is 1070. The lowest BCUT2D eigenvalue weighted by Crippen LogP contribution is -2.39. The zero-order valence-electron chi connectivity index (χ0n) is 15.9. The molecule has 1 saturated heterocycles. The normalized spacial score (nSPS) is 15.2. The average molecular weight is 377 g/mol. The van der Waals surface area contributed by atoms with E-state index in [2.05, 4.69) is 4.98 Å². The van der Waals surface area contributed by atoms with E-state index in [0.29, 0.717) is 42.0 Å². The summed E-state index contributed by atoms with van der Waals surface area (Å²) in [6.07, 6.45) is 6.81. The van der Waals surface area contributed by atoms with Crippen LogP contribution in [0.3, 0.4) is 0 Å². The van der Waals surface area contributed by atoms with Crippen molar-refractivity contribution in [2.45, 2.75) is 32.6 Å². The number of hydrogen-bond donors (Lipinski definition) is 0. The van der Waals surface area contributed by atoms with Crippen molar-refractivity contribution in [2.75, 3.05) is 13.1 Å². The van der Waals surface area contributed by atoms with Crippen LogP contribution in [0.5, 0.6) is 0 Å². The van der Waals surface area contributed by atoms with E-state index in [1.165, 1.54) is 4.57 Å². The van der Waals surface area contributed by atoms with Crippen LogP contribution in [0.15, 0.2) is 51.9 Å². The van der Waals surface area contributed by atoms with Gasteiger partial charge in [-0.15, -0.1) is 0 Å². The monoisotopic (exact) mass is 377 g/mol. The third kappa shape index (κ3) is 3.38. The number of furan rings is 1. The molecule has 6 heteroatoms. The summed E-state index contributed by atoms with van der Waals surface area (Å²) in [6, 6.07) is 10.8. The molecule has 0 radical (unpaired) electrons. The number of fused-ring (bicyclic) bond motifs is 1. The van der Waals surface area contributed by atoms with Gasteiger partial charge >= 0.3 is 0 Å². The van der Waals surface area contributed by atoms with Crippen LogP contribution in [0.4, 0.5) is 0 Å². The van der Waals surface area contributed by atoms with Gasteiger partial charge in [-0.2, -0.15) is 0 Å². The van der Waals surface area contributed by atoms with Crippen LogP contribution in [-0.4, -0.2) is 33.4 Å². The van der Waals surface area contributed by atoms with Crippen molar-refractivity contribution in [3.05, 3.63) is 64.6 Å². The van der Waals surface area contributed by atoms with Crippen molar-refractivity contribution in [1.29, 1.82) is 0 Å². The van der Waals surface area contributed by atoms with E-state index in [4.69, 9.17) is 4.42 Å². The largest absolute Gasteiger partial charge is 0.465 e. The van der Waals surface area contributed by atoms with E-state index in [-0.39, 0.29) is 17.2 Å². The molecule has 1 aromatic carbocycles. The summed E-state index contributed by atoms with van der Waals surface area (Å²) in [6.45, 7) is 3.33. The molecule has 144 valence electrons. The number of aryl methyl sites for hydroxylation is 1. The number of rotatable bonds is 4. The molecule has 6 nitrogen and oxygen atoms in total. The highest BCUT2D eigenvalue weighted by molar-refractivity contribution is 6.18. The molecule has 3 heterocycles. The first-order valence-electron chi connectivity index (χ1n) is 9.74. The molecular weight excluding hydrogens is 354 g/mol. The van der Waals surface area contributed by atoms with E-state index in [1.807, 2.05) is 30.0 Å². The molecule has 1 aliphatic rings. The summed E-state index contributed by atoms with van der Waals surface area (Å²) in [5.74, 6) is 0.930. The van der Waals surface area contributed by atoms with Gasteiger partial charge in [0.1, 0.15) is 17.3 Å². The average Bonchev–Trinajstić information content (AvgIpc) is 3.26. The molecule has 0 unspecified atom stereocenters. The van der Waals surface area contributed by atoms with Crippen LogP contribution in [0.25, 0.3) is 22.7 Å². The number of hydrogen-bond acceptors (Lipinski definition) is 4. The van der Waals surface area contributed by atoms with Crippen molar-refractivity contribution >= 4 is 28.6 Å². The molecule has 0 atom stereocenters. The number of amides is 1. The molecule has 28 heavy (non-hydrogen) atoms. The van der Waals surface area contributed by atoms with Crippen LogP contribution in [-0.2, 0) is 11.2 Å². The topological polar surface area (TPSA) is 68.3 Å². The minimum absolute atomic E-state index is 0.162. The van der Waals surface area contributed by atoms with Crippen LogP contribution in [0, 0.1) is 0 Å². The molecule has 0 aliphatic carbocycles. The van der Waals surface area contributed by atoms with E-state index < -0.39 is 0 Å². The molecule has 1 fully saturated rings. The Kier molecular flexibility index (Phi) is 5.10. The third-order valence-corrected chi connectivity index (χ3v) is 5.09. The highest BCUT2D eigenvalue weighted by Gasteiger charge is 2.25. The molecule has 2 aromatic heterocycles. The van der Waals surface area contributed by atoms with Gasteiger partial charge in [0.2, 0.25) is 0 Å². The number of piperidine rings is 1. The minimum atomic E-state index is -0.231. The number of carbonyl (C=O) groups excluding carboxylic acids is 1. The summed E-state index contributed by atoms with van der Waals surface area (Å²) in [5.41, 5.74) is 0.700. The first kappa shape index (κ1) is 18.2. The standard InChI is InChI=1S/C22H23N3O3/c1-2-20-23-18-11-5-4-10-17(18)21(26)25(20)19(15-16-9-8-14-28-16)22(27)24-12-6-3-7-13-24/h4-5,8-11,14-15H,2-3,6-7,12-13H2,1H3/b19-15+. The van der Waals surface area contributed by atoms with E-state index in [1.54, 1.807) is 30.5 Å². The maximum atomic E-state index is 13.4. The van der Waals surface area contributed by atoms with Crippen molar-refractivity contribution in [1.82, 2.24) is 14.5 Å². The molecular formula is C22H23N3O3. The second kappa shape index (κ2) is 7.84. The fourth-order valence-corrected chi connectivity index (χ4v) is 3.65. The molecule has 0 bridgehead atoms. The SMILES string of the molecule is CCc1nc2ccccc2c(=O)n1/C(=C/c1ccco1)C(=O)N1CCCCC1. The predicted molar refractivity (Wildman–Crippen MR) is 109 cm³/mol. The predicted octanol–water partition coefficient (Wildman–Crippen LogP) is 3.56. The Morgan fingerprint density at radius 3 is 2.64 bits per heavy atom. The lowest BCUT2D eigenvalue weighted by molar-refractivity contribution is -0.126. The summed E-state index contributed by atoms with van der Waals surface area (Å²) in [4.78, 5) is 33.2. The molecule has 0 N–H and O–H groups in total. The Morgan fingerprint density at radius 1 is 1.14 bits per heavy atom. The van der Waals surface area contributed by atoms with Crippen molar-refractivity contribution in [2.24, 2.45) is 0 Å². The number of benzene rings is 1. The van der Waals surface area contributed by atoms with Gasteiger partial charge in [-0.1, -0.05) is 19.1 Å². The van der Waals surface area contributed by atoms with Gasteiger partial charge in [0.05, 0.1) is 17.2 Å². The van der Waals surface area contributed by atoms with E-state index in [9.17, 15) is 9.59 Å². The first-order valence-corrected chi connectivity index (χ1v) is 9.74. The van der Waals surface area contributed by atoms with Crippen molar-refractivity contribution in [3.63, 3.8) is 0 Å². The maximum absolute atomic E-state index is 13.4. The Morgan fingerprint density at radius 2 is 1.93 bits per heavy atom. The van der Waals surface area contributed by atoms with Crippen LogP contribution >= 0.6 is 0 Å². The van der Waals surface area contributed by atoms with Crippen LogP contribution in [0.1, 0.15) is 37.8 Å².